The van der Waals surface area contributed by atoms with Crippen LogP contribution in [0.2, 0.25) is 0 Å². The fourth-order valence-electron chi connectivity index (χ4n) is 3.83. The molecule has 2 N–H and O–H groups in total. The predicted octanol–water partition coefficient (Wildman–Crippen LogP) is 3.87. The fourth-order valence-corrected chi connectivity index (χ4v) is 5.02. The van der Waals surface area contributed by atoms with Crippen LogP contribution in [-0.2, 0) is 25.3 Å². The quantitative estimate of drug-likeness (QED) is 0.585. The van der Waals surface area contributed by atoms with Gasteiger partial charge in [-0.05, 0) is 49.4 Å². The molecule has 7 nitrogen and oxygen atoms in total. The predicted molar refractivity (Wildman–Crippen MR) is 124 cm³/mol. The topological polar surface area (TPSA) is 102 Å². The number of esters is 1. The molecule has 0 heterocycles. The van der Waals surface area contributed by atoms with Crippen molar-refractivity contribution in [2.24, 2.45) is 5.92 Å². The number of amides is 1. The van der Waals surface area contributed by atoms with Crippen LogP contribution in [0.4, 0.5) is 5.69 Å². The van der Waals surface area contributed by atoms with E-state index in [1.165, 1.54) is 25.5 Å². The molecule has 8 heteroatoms. The minimum absolute atomic E-state index is 0.0970. The Labute approximate surface area is 189 Å². The van der Waals surface area contributed by atoms with Crippen LogP contribution in [0.5, 0.6) is 0 Å². The molecule has 1 aliphatic rings. The third-order valence-corrected chi connectivity index (χ3v) is 6.92. The Hall–Kier alpha value is -2.87. The first-order valence-corrected chi connectivity index (χ1v) is 12.5. The molecule has 0 bridgehead atoms. The van der Waals surface area contributed by atoms with E-state index in [4.69, 9.17) is 4.74 Å². The molecule has 1 saturated carbocycles. The maximum Gasteiger partial charge on any atom is 0.338 e. The second-order valence-electron chi connectivity index (χ2n) is 8.35. The van der Waals surface area contributed by atoms with Crippen molar-refractivity contribution in [2.45, 2.75) is 57.4 Å². The molecular weight excluding hydrogens is 428 g/mol. The van der Waals surface area contributed by atoms with E-state index in [1.807, 2.05) is 6.07 Å². The normalized spacial score (nSPS) is 19.6. The molecule has 0 aliphatic heterocycles. The summed E-state index contributed by atoms with van der Waals surface area (Å²) in [7, 11) is -3.65. The molecule has 0 saturated heterocycles. The number of hydrogen-bond donors (Lipinski definition) is 2. The van der Waals surface area contributed by atoms with Gasteiger partial charge in [-0.3, -0.25) is 9.52 Å². The van der Waals surface area contributed by atoms with Crippen molar-refractivity contribution in [1.29, 1.82) is 0 Å². The van der Waals surface area contributed by atoms with E-state index in [1.54, 1.807) is 36.4 Å². The lowest BCUT2D eigenvalue weighted by Crippen LogP contribution is -2.45. The van der Waals surface area contributed by atoms with Crippen LogP contribution < -0.4 is 10.0 Å². The highest BCUT2D eigenvalue weighted by Gasteiger charge is 2.26. The highest BCUT2D eigenvalue weighted by Crippen LogP contribution is 2.24. The third kappa shape index (κ3) is 6.82. The summed E-state index contributed by atoms with van der Waals surface area (Å²) in [5.74, 6) is -0.791. The maximum atomic E-state index is 12.5. The number of ether oxygens (including phenoxy) is 1. The summed E-state index contributed by atoms with van der Waals surface area (Å²) >= 11 is 0. The van der Waals surface area contributed by atoms with Crippen molar-refractivity contribution < 1.29 is 22.7 Å². The van der Waals surface area contributed by atoms with Gasteiger partial charge in [-0.15, -0.1) is 0 Å². The molecule has 0 spiro atoms. The second-order valence-corrected chi connectivity index (χ2v) is 10.1. The molecule has 0 unspecified atom stereocenters. The molecule has 0 aromatic heterocycles. The first kappa shape index (κ1) is 23.8. The lowest BCUT2D eigenvalue weighted by Gasteiger charge is -2.30. The van der Waals surface area contributed by atoms with Gasteiger partial charge in [0.15, 0.2) is 6.10 Å². The molecule has 2 aromatic rings. The van der Waals surface area contributed by atoms with Gasteiger partial charge in [0.25, 0.3) is 5.91 Å². The summed E-state index contributed by atoms with van der Waals surface area (Å²) in [6, 6.07) is 15.0. The molecule has 1 fully saturated rings. The van der Waals surface area contributed by atoms with E-state index < -0.39 is 22.1 Å². The molecular formula is C24H30N2O5S. The molecule has 0 radical (unpaired) electrons. The van der Waals surface area contributed by atoms with Crippen molar-refractivity contribution in [3.8, 4) is 0 Å². The number of carbonyl (C=O) groups excluding carboxylic acids is 2. The van der Waals surface area contributed by atoms with Crippen molar-refractivity contribution in [1.82, 2.24) is 5.32 Å². The number of rotatable bonds is 8. The second kappa shape index (κ2) is 10.6. The van der Waals surface area contributed by atoms with E-state index in [2.05, 4.69) is 17.0 Å². The first-order chi connectivity index (χ1) is 15.2. The Morgan fingerprint density at radius 1 is 1.06 bits per heavy atom. The van der Waals surface area contributed by atoms with Crippen LogP contribution in [0.1, 0.15) is 55.5 Å². The number of hydrogen-bond acceptors (Lipinski definition) is 5. The molecule has 1 amide bonds. The number of sulfonamides is 1. The highest BCUT2D eigenvalue weighted by atomic mass is 32.2. The van der Waals surface area contributed by atoms with Gasteiger partial charge in [0, 0.05) is 11.7 Å². The summed E-state index contributed by atoms with van der Waals surface area (Å²) in [6.07, 6.45) is 3.31. The van der Waals surface area contributed by atoms with Gasteiger partial charge in [0.1, 0.15) is 0 Å². The molecule has 3 atom stereocenters. The SMILES string of the molecule is C[C@H](OC(=O)c1cccc(NS(=O)(=O)Cc2ccccc2)c1)C(=O)N[C@@H]1CCCC[C@H]1C. The van der Waals surface area contributed by atoms with E-state index in [9.17, 15) is 18.0 Å². The smallest absolute Gasteiger partial charge is 0.338 e. The minimum atomic E-state index is -3.65. The number of benzene rings is 2. The van der Waals surface area contributed by atoms with Crippen LogP contribution >= 0.6 is 0 Å². The van der Waals surface area contributed by atoms with Crippen molar-refractivity contribution in [3.05, 3.63) is 65.7 Å². The van der Waals surface area contributed by atoms with Gasteiger partial charge in [-0.1, -0.05) is 56.2 Å². The largest absolute Gasteiger partial charge is 0.449 e. The zero-order valence-electron chi connectivity index (χ0n) is 18.4. The Morgan fingerprint density at radius 2 is 1.78 bits per heavy atom. The number of carbonyl (C=O) groups is 2. The highest BCUT2D eigenvalue weighted by molar-refractivity contribution is 7.91. The van der Waals surface area contributed by atoms with Crippen LogP contribution in [0.3, 0.4) is 0 Å². The summed E-state index contributed by atoms with van der Waals surface area (Å²) < 4.78 is 32.7. The van der Waals surface area contributed by atoms with Crippen molar-refractivity contribution in [3.63, 3.8) is 0 Å². The van der Waals surface area contributed by atoms with Gasteiger partial charge >= 0.3 is 5.97 Å². The summed E-state index contributed by atoms with van der Waals surface area (Å²) in [5.41, 5.74) is 1.07. The molecule has 172 valence electrons. The van der Waals surface area contributed by atoms with Crippen LogP contribution in [0.15, 0.2) is 54.6 Å². The Balaban J connectivity index is 1.59. The first-order valence-electron chi connectivity index (χ1n) is 10.9. The Kier molecular flexibility index (Phi) is 7.90. The molecule has 1 aliphatic carbocycles. The van der Waals surface area contributed by atoms with Gasteiger partial charge in [-0.25, -0.2) is 13.2 Å². The van der Waals surface area contributed by atoms with Gasteiger partial charge < -0.3 is 10.1 Å². The summed E-state index contributed by atoms with van der Waals surface area (Å²) in [4.78, 5) is 25.0. The molecule has 3 rings (SSSR count). The van der Waals surface area contributed by atoms with E-state index >= 15 is 0 Å². The third-order valence-electron chi connectivity index (χ3n) is 5.66. The average Bonchev–Trinajstić information content (AvgIpc) is 2.75. The van der Waals surface area contributed by atoms with E-state index in [0.717, 1.165) is 19.3 Å². The zero-order chi connectivity index (χ0) is 23.1. The van der Waals surface area contributed by atoms with Gasteiger partial charge in [0.2, 0.25) is 10.0 Å². The monoisotopic (exact) mass is 458 g/mol. The Bertz CT molecular complexity index is 1040. The van der Waals surface area contributed by atoms with E-state index in [0.29, 0.717) is 11.5 Å². The summed E-state index contributed by atoms with van der Waals surface area (Å²) in [6.45, 7) is 3.65. The number of anilines is 1. The zero-order valence-corrected chi connectivity index (χ0v) is 19.2. The van der Waals surface area contributed by atoms with Gasteiger partial charge in [0.05, 0.1) is 11.3 Å². The Morgan fingerprint density at radius 3 is 2.50 bits per heavy atom. The lowest BCUT2D eigenvalue weighted by molar-refractivity contribution is -0.130. The van der Waals surface area contributed by atoms with Crippen LogP contribution in [-0.4, -0.2) is 32.4 Å². The van der Waals surface area contributed by atoms with Crippen molar-refractivity contribution >= 4 is 27.6 Å². The molecule has 2 aromatic carbocycles. The number of nitrogens with one attached hydrogen (secondary N) is 2. The van der Waals surface area contributed by atoms with Crippen molar-refractivity contribution in [2.75, 3.05) is 4.72 Å². The van der Waals surface area contributed by atoms with Crippen LogP contribution in [0, 0.1) is 5.92 Å². The summed E-state index contributed by atoms with van der Waals surface area (Å²) in [5, 5.41) is 2.98. The standard InChI is InChI=1S/C24H30N2O5S/c1-17-9-6-7-14-22(17)25-23(27)18(2)31-24(28)20-12-8-13-21(15-20)26-32(29,30)16-19-10-4-3-5-11-19/h3-5,8,10-13,15,17-18,22,26H,6-7,9,14,16H2,1-2H3,(H,25,27)/t17-,18+,22-/m1/s1. The van der Waals surface area contributed by atoms with Gasteiger partial charge in [-0.2, -0.15) is 0 Å². The molecule has 32 heavy (non-hydrogen) atoms. The lowest BCUT2D eigenvalue weighted by atomic mass is 9.86. The van der Waals surface area contributed by atoms with E-state index in [-0.39, 0.29) is 29.0 Å². The van der Waals surface area contributed by atoms with Crippen LogP contribution in [0.25, 0.3) is 0 Å². The minimum Gasteiger partial charge on any atom is -0.449 e. The maximum absolute atomic E-state index is 12.5. The fraction of sp³-hybridized carbons (Fsp3) is 0.417. The average molecular weight is 459 g/mol.